The Bertz CT molecular complexity index is 829. The maximum Gasteiger partial charge on any atom is 0.261 e. The van der Waals surface area contributed by atoms with Crippen molar-refractivity contribution in [1.29, 1.82) is 0 Å². The van der Waals surface area contributed by atoms with Gasteiger partial charge in [-0.25, -0.2) is 0 Å². The summed E-state index contributed by atoms with van der Waals surface area (Å²) >= 11 is 1.28. The van der Waals surface area contributed by atoms with Gasteiger partial charge in [0.05, 0.1) is 39.3 Å². The monoisotopic (exact) mass is 421 g/mol. The third kappa shape index (κ3) is 6.39. The van der Waals surface area contributed by atoms with Crippen LogP contribution in [-0.2, 0) is 16.1 Å². The first-order valence-corrected chi connectivity index (χ1v) is 9.50. The van der Waals surface area contributed by atoms with E-state index in [1.165, 1.54) is 32.7 Å². The van der Waals surface area contributed by atoms with Gasteiger partial charge in [-0.15, -0.1) is 11.3 Å². The van der Waals surface area contributed by atoms with Gasteiger partial charge < -0.3 is 30.2 Å². The highest BCUT2D eigenvalue weighted by atomic mass is 32.1. The summed E-state index contributed by atoms with van der Waals surface area (Å²) in [7, 11) is 4.52. The Kier molecular flexibility index (Phi) is 8.28. The minimum Gasteiger partial charge on any atom is -0.493 e. The molecule has 3 N–H and O–H groups in total. The maximum atomic E-state index is 12.0. The molecule has 0 spiro atoms. The molecular weight excluding hydrogens is 398 g/mol. The van der Waals surface area contributed by atoms with Gasteiger partial charge >= 0.3 is 0 Å². The average Bonchev–Trinajstić information content (AvgIpc) is 3.28. The second kappa shape index (κ2) is 10.9. The molecule has 2 aromatic rings. The molecule has 0 atom stereocenters. The predicted molar refractivity (Wildman–Crippen MR) is 108 cm³/mol. The van der Waals surface area contributed by atoms with Crippen molar-refractivity contribution >= 4 is 29.1 Å². The quantitative estimate of drug-likeness (QED) is 0.526. The SMILES string of the molecule is COc1cc(CNC(=O)CNC(=O)CNC(=O)c2cccs2)cc(OC)c1OC. The number of carbonyl (C=O) groups is 3. The summed E-state index contributed by atoms with van der Waals surface area (Å²) in [5, 5.41) is 9.40. The maximum absolute atomic E-state index is 12.0. The lowest BCUT2D eigenvalue weighted by Gasteiger charge is -2.14. The zero-order valence-corrected chi connectivity index (χ0v) is 17.2. The van der Waals surface area contributed by atoms with Crippen molar-refractivity contribution in [3.63, 3.8) is 0 Å². The third-order valence-corrected chi connectivity index (χ3v) is 4.68. The van der Waals surface area contributed by atoms with Crippen molar-refractivity contribution in [3.8, 4) is 17.2 Å². The van der Waals surface area contributed by atoms with E-state index in [0.29, 0.717) is 22.1 Å². The Morgan fingerprint density at radius 1 is 0.897 bits per heavy atom. The summed E-state index contributed by atoms with van der Waals surface area (Å²) in [4.78, 5) is 36.0. The van der Waals surface area contributed by atoms with Crippen LogP contribution >= 0.6 is 11.3 Å². The van der Waals surface area contributed by atoms with Gasteiger partial charge in [0.25, 0.3) is 5.91 Å². The first-order chi connectivity index (χ1) is 14.0. The van der Waals surface area contributed by atoms with E-state index in [-0.39, 0.29) is 31.4 Å². The normalized spacial score (nSPS) is 10.0. The van der Waals surface area contributed by atoms with Gasteiger partial charge in [0, 0.05) is 6.54 Å². The van der Waals surface area contributed by atoms with Crippen molar-refractivity contribution in [2.75, 3.05) is 34.4 Å². The van der Waals surface area contributed by atoms with E-state index in [1.807, 2.05) is 0 Å². The highest BCUT2D eigenvalue weighted by Crippen LogP contribution is 2.38. The predicted octanol–water partition coefficient (Wildman–Crippen LogP) is 0.936. The Morgan fingerprint density at radius 2 is 1.52 bits per heavy atom. The average molecular weight is 421 g/mol. The molecule has 0 saturated carbocycles. The van der Waals surface area contributed by atoms with Crippen LogP contribution in [0.15, 0.2) is 29.6 Å². The van der Waals surface area contributed by atoms with E-state index >= 15 is 0 Å². The number of carbonyl (C=O) groups excluding carboxylic acids is 3. The fourth-order valence-corrected chi connectivity index (χ4v) is 3.04. The van der Waals surface area contributed by atoms with Crippen LogP contribution in [0.25, 0.3) is 0 Å². The number of thiophene rings is 1. The summed E-state index contributed by atoms with van der Waals surface area (Å²) in [6, 6.07) is 6.85. The van der Waals surface area contributed by atoms with E-state index < -0.39 is 5.91 Å². The Balaban J connectivity index is 1.78. The van der Waals surface area contributed by atoms with Gasteiger partial charge in [-0.3, -0.25) is 14.4 Å². The fraction of sp³-hybridized carbons (Fsp3) is 0.316. The van der Waals surface area contributed by atoms with Gasteiger partial charge in [-0.2, -0.15) is 0 Å². The smallest absolute Gasteiger partial charge is 0.261 e. The number of hydrogen-bond acceptors (Lipinski definition) is 7. The third-order valence-electron chi connectivity index (χ3n) is 3.81. The molecule has 1 aromatic carbocycles. The molecule has 0 aliphatic carbocycles. The molecule has 0 radical (unpaired) electrons. The van der Waals surface area contributed by atoms with E-state index in [1.54, 1.807) is 29.6 Å². The fourth-order valence-electron chi connectivity index (χ4n) is 2.40. The molecule has 0 fully saturated rings. The van der Waals surface area contributed by atoms with Crippen LogP contribution < -0.4 is 30.2 Å². The van der Waals surface area contributed by atoms with Crippen LogP contribution in [0.2, 0.25) is 0 Å². The van der Waals surface area contributed by atoms with Crippen LogP contribution in [0.1, 0.15) is 15.2 Å². The zero-order valence-electron chi connectivity index (χ0n) is 16.4. The van der Waals surface area contributed by atoms with Crippen LogP contribution in [0.5, 0.6) is 17.2 Å². The van der Waals surface area contributed by atoms with Gasteiger partial charge in [0.1, 0.15) is 0 Å². The summed E-state index contributed by atoms with van der Waals surface area (Å²) in [6.07, 6.45) is 0. The lowest BCUT2D eigenvalue weighted by Crippen LogP contribution is -2.41. The molecule has 0 unspecified atom stereocenters. The molecule has 3 amide bonds. The van der Waals surface area contributed by atoms with E-state index in [2.05, 4.69) is 16.0 Å². The summed E-state index contributed by atoms with van der Waals surface area (Å²) < 4.78 is 15.8. The lowest BCUT2D eigenvalue weighted by molar-refractivity contribution is -0.125. The molecule has 9 nitrogen and oxygen atoms in total. The Hall–Kier alpha value is -3.27. The minimum absolute atomic E-state index is 0.209. The standard InChI is InChI=1S/C19H23N3O6S/c1-26-13-7-12(8-14(27-2)18(13)28-3)9-20-16(23)10-21-17(24)11-22-19(25)15-5-4-6-29-15/h4-8H,9-11H2,1-3H3,(H,20,23)(H,21,24)(H,22,25). The topological polar surface area (TPSA) is 115 Å². The molecule has 1 heterocycles. The molecular formula is C19H23N3O6S. The summed E-state index contributed by atoms with van der Waals surface area (Å²) in [5.41, 5.74) is 0.738. The molecule has 10 heteroatoms. The number of nitrogens with one attached hydrogen (secondary N) is 3. The van der Waals surface area contributed by atoms with Crippen molar-refractivity contribution in [2.24, 2.45) is 0 Å². The molecule has 0 aliphatic rings. The molecule has 1 aromatic heterocycles. The van der Waals surface area contributed by atoms with E-state index in [0.717, 1.165) is 5.56 Å². The highest BCUT2D eigenvalue weighted by Gasteiger charge is 2.14. The van der Waals surface area contributed by atoms with Crippen LogP contribution in [0.3, 0.4) is 0 Å². The van der Waals surface area contributed by atoms with Crippen molar-refractivity contribution in [1.82, 2.24) is 16.0 Å². The number of rotatable bonds is 10. The van der Waals surface area contributed by atoms with E-state index in [4.69, 9.17) is 14.2 Å². The first-order valence-electron chi connectivity index (χ1n) is 8.62. The van der Waals surface area contributed by atoms with Crippen LogP contribution in [0.4, 0.5) is 0 Å². The molecule has 2 rings (SSSR count). The number of benzene rings is 1. The lowest BCUT2D eigenvalue weighted by atomic mass is 10.1. The van der Waals surface area contributed by atoms with Crippen molar-refractivity contribution in [3.05, 3.63) is 40.1 Å². The highest BCUT2D eigenvalue weighted by molar-refractivity contribution is 7.12. The van der Waals surface area contributed by atoms with E-state index in [9.17, 15) is 14.4 Å². The van der Waals surface area contributed by atoms with Gasteiger partial charge in [0.15, 0.2) is 11.5 Å². The minimum atomic E-state index is -0.460. The molecule has 0 bridgehead atoms. The molecule has 0 saturated heterocycles. The zero-order chi connectivity index (χ0) is 21.2. The van der Waals surface area contributed by atoms with Crippen molar-refractivity contribution in [2.45, 2.75) is 6.54 Å². The number of amides is 3. The van der Waals surface area contributed by atoms with Crippen LogP contribution in [-0.4, -0.2) is 52.1 Å². The summed E-state index contributed by atoms with van der Waals surface area (Å²) in [6.45, 7) is -0.213. The Labute approximate surface area is 172 Å². The number of methoxy groups -OCH3 is 3. The molecule has 156 valence electrons. The number of ether oxygens (including phenoxy) is 3. The largest absolute Gasteiger partial charge is 0.493 e. The Morgan fingerprint density at radius 3 is 2.07 bits per heavy atom. The second-order valence-corrected chi connectivity index (χ2v) is 6.69. The van der Waals surface area contributed by atoms with Crippen LogP contribution in [0, 0.1) is 0 Å². The summed E-state index contributed by atoms with van der Waals surface area (Å²) in [5.74, 6) is 0.246. The second-order valence-electron chi connectivity index (χ2n) is 5.75. The first kappa shape index (κ1) is 22.0. The van der Waals surface area contributed by atoms with Crippen molar-refractivity contribution < 1.29 is 28.6 Å². The van der Waals surface area contributed by atoms with Gasteiger partial charge in [-0.05, 0) is 29.1 Å². The molecule has 0 aliphatic heterocycles. The number of hydrogen-bond donors (Lipinski definition) is 3. The molecule has 29 heavy (non-hydrogen) atoms. The van der Waals surface area contributed by atoms with Gasteiger partial charge in [0.2, 0.25) is 17.6 Å². The van der Waals surface area contributed by atoms with Gasteiger partial charge in [-0.1, -0.05) is 6.07 Å².